The number of nitro groups is 1. The van der Waals surface area contributed by atoms with Crippen molar-refractivity contribution < 1.29 is 18.8 Å². The zero-order chi connectivity index (χ0) is 16.3. The fourth-order valence-electron chi connectivity index (χ4n) is 1.77. The highest BCUT2D eigenvalue weighted by Gasteiger charge is 2.17. The molecule has 0 saturated carbocycles. The Hall–Kier alpha value is -2.48. The molecule has 2 aromatic rings. The van der Waals surface area contributed by atoms with Crippen molar-refractivity contribution in [1.29, 1.82) is 0 Å². The predicted molar refractivity (Wildman–Crippen MR) is 81.7 cm³/mol. The first-order valence-corrected chi connectivity index (χ1v) is 6.81. The van der Waals surface area contributed by atoms with Gasteiger partial charge in [-0.3, -0.25) is 14.9 Å². The number of carbonyl (C=O) groups excluding carboxylic acids is 1. The Balaban J connectivity index is 2.32. The average molecular weight is 369 g/mol. The van der Waals surface area contributed by atoms with Crippen molar-refractivity contribution in [3.05, 3.63) is 62.4 Å². The van der Waals surface area contributed by atoms with Gasteiger partial charge in [0, 0.05) is 6.07 Å². The lowest BCUT2D eigenvalue weighted by atomic mass is 10.2. The zero-order valence-electron chi connectivity index (χ0n) is 11.3. The lowest BCUT2D eigenvalue weighted by Gasteiger charge is -2.10. The molecule has 0 unspecified atom stereocenters. The summed E-state index contributed by atoms with van der Waals surface area (Å²) in [5, 5.41) is 13.2. The second-order valence-corrected chi connectivity index (χ2v) is 5.05. The Kier molecular flexibility index (Phi) is 4.71. The minimum Gasteiger partial charge on any atom is -0.494 e. The van der Waals surface area contributed by atoms with Gasteiger partial charge in [0.05, 0.1) is 33.8 Å². The normalized spacial score (nSPS) is 10.1. The van der Waals surface area contributed by atoms with Gasteiger partial charge in [-0.2, -0.15) is 0 Å². The molecule has 0 atom stereocenters. The number of nitrogens with zero attached hydrogens (tertiary/aromatic N) is 1. The van der Waals surface area contributed by atoms with E-state index in [2.05, 4.69) is 21.2 Å². The number of ether oxygens (including phenoxy) is 1. The van der Waals surface area contributed by atoms with E-state index >= 15 is 0 Å². The number of anilines is 1. The van der Waals surface area contributed by atoms with Crippen LogP contribution in [0, 0.1) is 15.9 Å². The summed E-state index contributed by atoms with van der Waals surface area (Å²) in [6.07, 6.45) is 0. The molecule has 0 aliphatic carbocycles. The first kappa shape index (κ1) is 15.9. The topological polar surface area (TPSA) is 81.5 Å². The molecule has 1 N–H and O–H groups in total. The molecule has 114 valence electrons. The van der Waals surface area contributed by atoms with E-state index in [0.717, 1.165) is 0 Å². The highest BCUT2D eigenvalue weighted by Crippen LogP contribution is 2.29. The maximum absolute atomic E-state index is 13.9. The molecule has 0 fully saturated rings. The molecule has 1 amide bonds. The van der Waals surface area contributed by atoms with Gasteiger partial charge in [0.1, 0.15) is 11.6 Å². The Labute approximate surface area is 133 Å². The highest BCUT2D eigenvalue weighted by molar-refractivity contribution is 9.10. The van der Waals surface area contributed by atoms with Crippen molar-refractivity contribution >= 4 is 33.2 Å². The Morgan fingerprint density at radius 1 is 1.36 bits per heavy atom. The molecule has 8 heteroatoms. The fourth-order valence-corrected chi connectivity index (χ4v) is 2.13. The number of hydrogen-bond donors (Lipinski definition) is 1. The summed E-state index contributed by atoms with van der Waals surface area (Å²) >= 11 is 3.00. The van der Waals surface area contributed by atoms with E-state index in [1.54, 1.807) is 0 Å². The van der Waals surface area contributed by atoms with Gasteiger partial charge >= 0.3 is 0 Å². The van der Waals surface area contributed by atoms with Gasteiger partial charge in [0.25, 0.3) is 11.6 Å². The van der Waals surface area contributed by atoms with Crippen LogP contribution in [0.3, 0.4) is 0 Å². The fraction of sp³-hybridized carbons (Fsp3) is 0.0714. The second-order valence-electron chi connectivity index (χ2n) is 4.20. The van der Waals surface area contributed by atoms with Gasteiger partial charge in [-0.1, -0.05) is 6.07 Å². The van der Waals surface area contributed by atoms with Crippen LogP contribution in [0.25, 0.3) is 0 Å². The monoisotopic (exact) mass is 368 g/mol. The molecule has 2 rings (SSSR count). The van der Waals surface area contributed by atoms with E-state index in [-0.39, 0.29) is 27.2 Å². The largest absolute Gasteiger partial charge is 0.494 e. The smallest absolute Gasteiger partial charge is 0.273 e. The molecule has 0 spiro atoms. The molecule has 22 heavy (non-hydrogen) atoms. The molecular formula is C14H10BrFN2O4. The molecule has 0 aliphatic rings. The summed E-state index contributed by atoms with van der Waals surface area (Å²) < 4.78 is 19.0. The van der Waals surface area contributed by atoms with E-state index in [9.17, 15) is 19.3 Å². The number of non-ortho nitro benzene ring substituents is 1. The summed E-state index contributed by atoms with van der Waals surface area (Å²) in [6, 6.07) is 8.04. The maximum atomic E-state index is 13.9. The molecule has 2 aromatic carbocycles. The van der Waals surface area contributed by atoms with Crippen molar-refractivity contribution in [3.8, 4) is 5.75 Å². The predicted octanol–water partition coefficient (Wildman–Crippen LogP) is 3.76. The number of rotatable bonds is 4. The van der Waals surface area contributed by atoms with Crippen molar-refractivity contribution in [2.75, 3.05) is 12.4 Å². The Morgan fingerprint density at radius 3 is 2.73 bits per heavy atom. The van der Waals surface area contributed by atoms with Gasteiger partial charge in [-0.15, -0.1) is 0 Å². The van der Waals surface area contributed by atoms with Crippen LogP contribution in [0.5, 0.6) is 5.75 Å². The molecule has 0 aliphatic heterocycles. The molecule has 6 nitrogen and oxygen atoms in total. The van der Waals surface area contributed by atoms with Crippen LogP contribution in [0.1, 0.15) is 10.4 Å². The van der Waals surface area contributed by atoms with Crippen molar-refractivity contribution in [3.63, 3.8) is 0 Å². The lowest BCUT2D eigenvalue weighted by molar-refractivity contribution is -0.384. The van der Waals surface area contributed by atoms with Crippen molar-refractivity contribution in [2.45, 2.75) is 0 Å². The van der Waals surface area contributed by atoms with Crippen LogP contribution in [0.2, 0.25) is 0 Å². The average Bonchev–Trinajstić information content (AvgIpc) is 2.50. The summed E-state index contributed by atoms with van der Waals surface area (Å²) in [4.78, 5) is 22.2. The van der Waals surface area contributed by atoms with E-state index in [1.165, 1.54) is 43.5 Å². The molecule has 0 bridgehead atoms. The van der Waals surface area contributed by atoms with E-state index in [0.29, 0.717) is 0 Å². The second kappa shape index (κ2) is 6.52. The molecular weight excluding hydrogens is 359 g/mol. The Morgan fingerprint density at radius 2 is 2.09 bits per heavy atom. The van der Waals surface area contributed by atoms with Gasteiger partial charge in [0.15, 0.2) is 0 Å². The molecule has 0 aromatic heterocycles. The number of hydrogen-bond acceptors (Lipinski definition) is 4. The van der Waals surface area contributed by atoms with E-state index in [1.807, 2.05) is 0 Å². The Bertz CT molecular complexity index is 752. The van der Waals surface area contributed by atoms with E-state index < -0.39 is 16.6 Å². The highest BCUT2D eigenvalue weighted by atomic mass is 79.9. The summed E-state index contributed by atoms with van der Waals surface area (Å²) in [5.41, 5.74) is -0.129. The van der Waals surface area contributed by atoms with Crippen molar-refractivity contribution in [1.82, 2.24) is 0 Å². The third kappa shape index (κ3) is 3.22. The van der Waals surface area contributed by atoms with Crippen LogP contribution in [-0.2, 0) is 0 Å². The quantitative estimate of drug-likeness (QED) is 0.657. The third-order valence-electron chi connectivity index (χ3n) is 2.84. The van der Waals surface area contributed by atoms with Gasteiger partial charge < -0.3 is 10.1 Å². The number of benzene rings is 2. The zero-order valence-corrected chi connectivity index (χ0v) is 12.9. The van der Waals surface area contributed by atoms with Gasteiger partial charge in [0.2, 0.25) is 0 Å². The number of amides is 1. The minimum absolute atomic E-state index is 0.109. The number of halogens is 2. The first-order valence-electron chi connectivity index (χ1n) is 6.02. The lowest BCUT2D eigenvalue weighted by Crippen LogP contribution is -2.14. The minimum atomic E-state index is -0.694. The van der Waals surface area contributed by atoms with Crippen LogP contribution in [-0.4, -0.2) is 17.9 Å². The van der Waals surface area contributed by atoms with Crippen LogP contribution in [0.15, 0.2) is 40.9 Å². The van der Waals surface area contributed by atoms with Crippen molar-refractivity contribution in [2.24, 2.45) is 0 Å². The van der Waals surface area contributed by atoms with Crippen LogP contribution < -0.4 is 10.1 Å². The summed E-state index contributed by atoms with van der Waals surface area (Å²) in [7, 11) is 1.31. The molecule has 0 heterocycles. The summed E-state index contributed by atoms with van der Waals surface area (Å²) in [5.74, 6) is -1.27. The standard InChI is InChI=1S/C14H10BrFN2O4/c1-22-12-7-8(18(20)21)5-6-11(12)17-14(19)9-3-2-4-10(15)13(9)16/h2-7H,1H3,(H,17,19). The van der Waals surface area contributed by atoms with E-state index in [4.69, 9.17) is 4.74 Å². The van der Waals surface area contributed by atoms with Gasteiger partial charge in [-0.05, 0) is 34.1 Å². The number of methoxy groups -OCH3 is 1. The maximum Gasteiger partial charge on any atom is 0.273 e. The molecule has 0 radical (unpaired) electrons. The summed E-state index contributed by atoms with van der Waals surface area (Å²) in [6.45, 7) is 0. The number of carbonyl (C=O) groups is 1. The number of nitrogens with one attached hydrogen (secondary N) is 1. The van der Waals surface area contributed by atoms with Crippen LogP contribution >= 0.6 is 15.9 Å². The molecule has 0 saturated heterocycles. The number of nitro benzene ring substituents is 1. The van der Waals surface area contributed by atoms with Gasteiger partial charge in [-0.25, -0.2) is 4.39 Å². The SMILES string of the molecule is COc1cc([N+](=O)[O-])ccc1NC(=O)c1cccc(Br)c1F. The third-order valence-corrected chi connectivity index (χ3v) is 3.45. The van der Waals surface area contributed by atoms with Crippen LogP contribution in [0.4, 0.5) is 15.8 Å². The first-order chi connectivity index (χ1) is 10.4.